The number of benzene rings is 2. The number of nitrogens with one attached hydrogen (secondary N) is 1. The van der Waals surface area contributed by atoms with Crippen LogP contribution in [0.3, 0.4) is 0 Å². The third-order valence-electron chi connectivity index (χ3n) is 4.97. The second-order valence-electron chi connectivity index (χ2n) is 7.50. The largest absolute Gasteiger partial charge is 0.464 e. The van der Waals surface area contributed by atoms with Crippen molar-refractivity contribution in [1.29, 1.82) is 0 Å². The van der Waals surface area contributed by atoms with Crippen LogP contribution in [0, 0.1) is 20.2 Å². The lowest BCUT2D eigenvalue weighted by Gasteiger charge is -2.18. The van der Waals surface area contributed by atoms with E-state index in [1.807, 2.05) is 0 Å². The summed E-state index contributed by atoms with van der Waals surface area (Å²) in [5.74, 6) is -1.55. The van der Waals surface area contributed by atoms with Crippen molar-refractivity contribution in [1.82, 2.24) is 5.32 Å². The molecule has 10 nitrogen and oxygen atoms in total. The Bertz CT molecular complexity index is 947. The van der Waals surface area contributed by atoms with E-state index in [0.717, 1.165) is 50.3 Å². The molecule has 1 N–H and O–H groups in total. The number of nitro groups is 2. The highest BCUT2D eigenvalue weighted by Gasteiger charge is 2.27. The highest BCUT2D eigenvalue weighted by atomic mass is 16.6. The number of non-ortho nitro benzene ring substituents is 2. The van der Waals surface area contributed by atoms with Gasteiger partial charge in [-0.05, 0) is 12.0 Å². The van der Waals surface area contributed by atoms with Gasteiger partial charge in [-0.25, -0.2) is 4.79 Å². The first-order valence-electron chi connectivity index (χ1n) is 10.8. The highest BCUT2D eigenvalue weighted by Crippen LogP contribution is 2.24. The minimum atomic E-state index is -1.17. The third kappa shape index (κ3) is 7.99. The Kier molecular flexibility index (Phi) is 9.94. The first-order chi connectivity index (χ1) is 15.8. The Morgan fingerprint density at radius 2 is 1.48 bits per heavy atom. The summed E-state index contributed by atoms with van der Waals surface area (Å²) in [4.78, 5) is 46.1. The molecule has 0 saturated heterocycles. The summed E-state index contributed by atoms with van der Waals surface area (Å²) in [7, 11) is 0. The van der Waals surface area contributed by atoms with Crippen molar-refractivity contribution in [2.75, 3.05) is 6.61 Å². The monoisotopic (exact) mass is 457 g/mol. The molecular formula is C23H27N3O7. The van der Waals surface area contributed by atoms with Crippen LogP contribution in [0.25, 0.3) is 0 Å². The van der Waals surface area contributed by atoms with Gasteiger partial charge in [0.05, 0.1) is 28.1 Å². The third-order valence-corrected chi connectivity index (χ3v) is 4.97. The van der Waals surface area contributed by atoms with E-state index in [0.29, 0.717) is 12.0 Å². The number of carbonyl (C=O) groups is 2. The van der Waals surface area contributed by atoms with Gasteiger partial charge in [-0.3, -0.25) is 25.0 Å². The summed E-state index contributed by atoms with van der Waals surface area (Å²) < 4.78 is 5.36. The summed E-state index contributed by atoms with van der Waals surface area (Å²) in [6.07, 6.45) is 6.10. The predicted octanol–water partition coefficient (Wildman–Crippen LogP) is 4.88. The van der Waals surface area contributed by atoms with Crippen LogP contribution in [0.15, 0.2) is 48.5 Å². The average molecular weight is 457 g/mol. The standard InChI is InChI=1S/C23H27N3O7/c1-2-3-4-5-6-10-13-33-23(28)21(17-11-8-7-9-12-17)24-22(27)18-14-19(25(29)30)16-20(15-18)26(31)32/h7-9,11-12,14-16,21H,2-6,10,13H2,1H3,(H,24,27). The van der Waals surface area contributed by atoms with Gasteiger partial charge in [0.2, 0.25) is 0 Å². The molecule has 0 heterocycles. The Morgan fingerprint density at radius 1 is 0.909 bits per heavy atom. The Balaban J connectivity index is 2.14. The van der Waals surface area contributed by atoms with Gasteiger partial charge in [0.25, 0.3) is 17.3 Å². The van der Waals surface area contributed by atoms with Crippen LogP contribution in [0.4, 0.5) is 11.4 Å². The lowest BCUT2D eigenvalue weighted by atomic mass is 10.1. The summed E-state index contributed by atoms with van der Waals surface area (Å²) in [5, 5.41) is 24.7. The van der Waals surface area contributed by atoms with Crippen molar-refractivity contribution in [3.8, 4) is 0 Å². The summed E-state index contributed by atoms with van der Waals surface area (Å²) in [6.45, 7) is 2.33. The highest BCUT2D eigenvalue weighted by molar-refractivity contribution is 5.98. The van der Waals surface area contributed by atoms with Crippen LogP contribution in [0.5, 0.6) is 0 Å². The van der Waals surface area contributed by atoms with Crippen molar-refractivity contribution < 1.29 is 24.2 Å². The van der Waals surface area contributed by atoms with E-state index >= 15 is 0 Å². The molecule has 0 aliphatic rings. The molecule has 0 aliphatic heterocycles. The second kappa shape index (κ2) is 12.9. The van der Waals surface area contributed by atoms with E-state index < -0.39 is 39.1 Å². The van der Waals surface area contributed by atoms with Gasteiger partial charge < -0.3 is 10.1 Å². The second-order valence-corrected chi connectivity index (χ2v) is 7.50. The normalized spacial score (nSPS) is 11.4. The van der Waals surface area contributed by atoms with Crippen molar-refractivity contribution in [2.24, 2.45) is 0 Å². The molecule has 0 fully saturated rings. The van der Waals surface area contributed by atoms with Crippen LogP contribution in [-0.4, -0.2) is 28.3 Å². The van der Waals surface area contributed by atoms with Crippen molar-refractivity contribution in [3.63, 3.8) is 0 Å². The molecule has 0 aromatic heterocycles. The van der Waals surface area contributed by atoms with Crippen molar-refractivity contribution in [2.45, 2.75) is 51.5 Å². The molecule has 33 heavy (non-hydrogen) atoms. The molecular weight excluding hydrogens is 430 g/mol. The van der Waals surface area contributed by atoms with Gasteiger partial charge in [-0.1, -0.05) is 69.4 Å². The number of rotatable bonds is 13. The van der Waals surface area contributed by atoms with Crippen LogP contribution in [0.2, 0.25) is 0 Å². The number of nitro benzene ring substituents is 2. The molecule has 1 amide bonds. The van der Waals surface area contributed by atoms with Crippen molar-refractivity contribution >= 4 is 23.3 Å². The number of unbranched alkanes of at least 4 members (excludes halogenated alkanes) is 5. The molecule has 1 atom stereocenters. The molecule has 0 saturated carbocycles. The van der Waals surface area contributed by atoms with Crippen LogP contribution >= 0.6 is 0 Å². The smallest absolute Gasteiger partial charge is 0.333 e. The van der Waals surface area contributed by atoms with Crippen molar-refractivity contribution in [3.05, 3.63) is 79.9 Å². The fourth-order valence-corrected chi connectivity index (χ4v) is 3.21. The van der Waals surface area contributed by atoms with Gasteiger partial charge >= 0.3 is 5.97 Å². The quantitative estimate of drug-likeness (QED) is 0.195. The first kappa shape index (κ1) is 25.4. The molecule has 0 bridgehead atoms. The Morgan fingerprint density at radius 3 is 2.06 bits per heavy atom. The number of hydrogen-bond donors (Lipinski definition) is 1. The number of hydrogen-bond acceptors (Lipinski definition) is 7. The van der Waals surface area contributed by atoms with Crippen LogP contribution in [-0.2, 0) is 9.53 Å². The molecule has 0 aliphatic carbocycles. The topological polar surface area (TPSA) is 142 Å². The molecule has 2 rings (SSSR count). The van der Waals surface area contributed by atoms with Crippen LogP contribution in [0.1, 0.15) is 67.4 Å². The lowest BCUT2D eigenvalue weighted by molar-refractivity contribution is -0.394. The van der Waals surface area contributed by atoms with E-state index in [-0.39, 0.29) is 12.2 Å². The Hall–Kier alpha value is -3.82. The molecule has 1 unspecified atom stereocenters. The van der Waals surface area contributed by atoms with Gasteiger partial charge in [-0.2, -0.15) is 0 Å². The van der Waals surface area contributed by atoms with Gasteiger partial charge in [0, 0.05) is 12.1 Å². The molecule has 10 heteroatoms. The molecule has 2 aromatic rings. The van der Waals surface area contributed by atoms with E-state index in [1.54, 1.807) is 30.3 Å². The van der Waals surface area contributed by atoms with E-state index in [9.17, 15) is 29.8 Å². The Labute approximate surface area is 191 Å². The molecule has 0 radical (unpaired) electrons. The number of carbonyl (C=O) groups excluding carboxylic acids is 2. The fourth-order valence-electron chi connectivity index (χ4n) is 3.21. The molecule has 176 valence electrons. The number of esters is 1. The summed E-state index contributed by atoms with van der Waals surface area (Å²) in [6, 6.07) is 9.82. The molecule has 0 spiro atoms. The minimum Gasteiger partial charge on any atom is -0.464 e. The zero-order chi connectivity index (χ0) is 24.2. The number of nitrogens with zero attached hydrogens (tertiary/aromatic N) is 2. The molecule has 2 aromatic carbocycles. The van der Waals surface area contributed by atoms with Gasteiger partial charge in [0.1, 0.15) is 0 Å². The first-order valence-corrected chi connectivity index (χ1v) is 10.8. The number of amides is 1. The van der Waals surface area contributed by atoms with E-state index in [2.05, 4.69) is 12.2 Å². The lowest BCUT2D eigenvalue weighted by Crippen LogP contribution is -2.35. The van der Waals surface area contributed by atoms with Crippen LogP contribution < -0.4 is 5.32 Å². The zero-order valence-electron chi connectivity index (χ0n) is 18.4. The van der Waals surface area contributed by atoms with E-state index in [4.69, 9.17) is 4.74 Å². The summed E-state index contributed by atoms with van der Waals surface area (Å²) >= 11 is 0. The fraction of sp³-hybridized carbons (Fsp3) is 0.391. The van der Waals surface area contributed by atoms with Gasteiger partial charge in [-0.15, -0.1) is 0 Å². The van der Waals surface area contributed by atoms with E-state index in [1.165, 1.54) is 0 Å². The average Bonchev–Trinajstić information content (AvgIpc) is 2.81. The predicted molar refractivity (Wildman–Crippen MR) is 121 cm³/mol. The maximum atomic E-state index is 12.8. The maximum Gasteiger partial charge on any atom is 0.333 e. The SMILES string of the molecule is CCCCCCCCOC(=O)C(NC(=O)c1cc([N+](=O)[O-])cc([N+](=O)[O-])c1)c1ccccc1. The summed E-state index contributed by atoms with van der Waals surface area (Å²) in [5.41, 5.74) is -1.05. The minimum absolute atomic E-state index is 0.201. The zero-order valence-corrected chi connectivity index (χ0v) is 18.4. The number of ether oxygens (including phenoxy) is 1. The maximum absolute atomic E-state index is 12.8. The van der Waals surface area contributed by atoms with Gasteiger partial charge in [0.15, 0.2) is 6.04 Å².